The topological polar surface area (TPSA) is 199 Å². The highest BCUT2D eigenvalue weighted by Gasteiger charge is 2.41. The first kappa shape index (κ1) is 67.1. The number of benzene rings is 3. The van der Waals surface area contributed by atoms with Crippen LogP contribution in [0.4, 0.5) is 0 Å². The summed E-state index contributed by atoms with van der Waals surface area (Å²) in [5.74, 6) is 4.44. The van der Waals surface area contributed by atoms with Crippen molar-refractivity contribution in [2.45, 2.75) is 137 Å². The van der Waals surface area contributed by atoms with Gasteiger partial charge in [-0.25, -0.2) is 9.97 Å². The molecular weight excluding hydrogens is 1150 g/mol. The van der Waals surface area contributed by atoms with Crippen LogP contribution < -0.4 is 18.9 Å². The number of hydrogen-bond acceptors (Lipinski definition) is 14. The van der Waals surface area contributed by atoms with Crippen LogP contribution in [-0.2, 0) is 38.1 Å². The number of nitrogens with one attached hydrogen (secondary N) is 2. The largest absolute Gasteiger partial charge is 0.493 e. The molecule has 8 rings (SSSR count). The van der Waals surface area contributed by atoms with Crippen molar-refractivity contribution in [2.24, 2.45) is 0 Å². The molecule has 8 bridgehead atoms. The molecule has 0 saturated carbocycles. The quantitative estimate of drug-likeness (QED) is 0.0142. The van der Waals surface area contributed by atoms with Gasteiger partial charge in [0.25, 0.3) is 0 Å². The molecule has 2 aliphatic rings. The minimum atomic E-state index is -2.06. The third-order valence-corrected chi connectivity index (χ3v) is 22.2. The number of hydrogen-bond donors (Lipinski definition) is 2. The maximum Gasteiger partial charge on any atom is 0.305 e. The predicted molar refractivity (Wildman–Crippen MR) is 359 cm³/mol. The SMILES string of the molecule is CCOC(=O)CCCOc1cccc(OCCCC(=O)OCC)c1-c1c2nc(c(-c3ccc(C#C[Si](C(C)C)(C(C)C)C(C)C)cc3)c3ccc([nH]3)c(-c3c(OCCCC(=O)OCC)cccc3OCCCC(=O)OCC)c3nc(cc4ccc1[nH]4)C=C3)C=C2. The van der Waals surface area contributed by atoms with E-state index in [0.717, 1.165) is 27.7 Å². The fourth-order valence-corrected chi connectivity index (χ4v) is 17.1. The average molecular weight is 1240 g/mol. The Morgan fingerprint density at radius 2 is 0.822 bits per heavy atom. The Morgan fingerprint density at radius 1 is 0.444 bits per heavy atom. The van der Waals surface area contributed by atoms with E-state index in [0.29, 0.717) is 121 Å². The van der Waals surface area contributed by atoms with E-state index in [1.807, 2.05) is 91.0 Å². The van der Waals surface area contributed by atoms with Crippen molar-refractivity contribution in [1.29, 1.82) is 0 Å². The first-order valence-electron chi connectivity index (χ1n) is 31.8. The van der Waals surface area contributed by atoms with Crippen LogP contribution in [0, 0.1) is 11.5 Å². The number of carbonyl (C=O) groups is 4. The fraction of sp³-hybridized carbons (Fsp3) is 0.397. The molecule has 0 spiro atoms. The molecule has 0 unspecified atom stereocenters. The van der Waals surface area contributed by atoms with Gasteiger partial charge in [-0.2, -0.15) is 0 Å². The Labute approximate surface area is 530 Å². The van der Waals surface area contributed by atoms with E-state index in [1.165, 1.54) is 0 Å². The minimum Gasteiger partial charge on any atom is -0.493 e. The van der Waals surface area contributed by atoms with Crippen molar-refractivity contribution in [3.05, 3.63) is 119 Å². The number of aromatic nitrogens is 4. The zero-order valence-corrected chi connectivity index (χ0v) is 54.8. The molecule has 2 N–H and O–H groups in total. The summed E-state index contributed by atoms with van der Waals surface area (Å²) in [4.78, 5) is 68.4. The third-order valence-electron chi connectivity index (χ3n) is 15.9. The summed E-state index contributed by atoms with van der Waals surface area (Å²) in [6.07, 6.45) is 10.3. The smallest absolute Gasteiger partial charge is 0.305 e. The average Bonchev–Trinajstić information content (AvgIpc) is 1.65. The molecule has 0 aliphatic carbocycles. The summed E-state index contributed by atoms with van der Waals surface area (Å²) in [6.45, 7) is 23.0. The van der Waals surface area contributed by atoms with Gasteiger partial charge in [-0.15, -0.1) is 5.54 Å². The molecule has 3 aromatic heterocycles. The third kappa shape index (κ3) is 16.9. The molecule has 0 saturated heterocycles. The number of fused-ring (bicyclic) bond motifs is 8. The van der Waals surface area contributed by atoms with Crippen LogP contribution in [-0.4, -0.2) is 105 Å². The number of esters is 4. The molecular formula is C73H86N4O12Si. The van der Waals surface area contributed by atoms with E-state index in [2.05, 4.69) is 87.2 Å². The van der Waals surface area contributed by atoms with Gasteiger partial charge in [-0.05, 0) is 167 Å². The maximum absolute atomic E-state index is 12.5. The summed E-state index contributed by atoms with van der Waals surface area (Å²) in [7, 11) is -2.06. The number of nitrogens with zero attached hydrogens (tertiary/aromatic N) is 2. The van der Waals surface area contributed by atoms with Gasteiger partial charge < -0.3 is 47.9 Å². The van der Waals surface area contributed by atoms with Gasteiger partial charge in [0.05, 0.1) is 86.8 Å². The van der Waals surface area contributed by atoms with Crippen LogP contribution in [0.3, 0.4) is 0 Å². The molecule has 0 atom stereocenters. The Morgan fingerprint density at radius 3 is 1.24 bits per heavy atom. The highest BCUT2D eigenvalue weighted by atomic mass is 28.3. The molecule has 16 nitrogen and oxygen atoms in total. The number of rotatable bonds is 30. The normalized spacial score (nSPS) is 11.8. The Kier molecular flexibility index (Phi) is 24.3. The molecule has 2 aliphatic heterocycles. The lowest BCUT2D eigenvalue weighted by Gasteiger charge is -2.38. The summed E-state index contributed by atoms with van der Waals surface area (Å²) < 4.78 is 47.5. The Hall–Kier alpha value is -8.88. The molecule has 5 heterocycles. The van der Waals surface area contributed by atoms with Gasteiger partial charge in [-0.3, -0.25) is 19.2 Å². The van der Waals surface area contributed by atoms with Crippen LogP contribution in [0.25, 0.3) is 79.8 Å². The second-order valence-electron chi connectivity index (χ2n) is 22.9. The van der Waals surface area contributed by atoms with Crippen LogP contribution in [0.1, 0.15) is 149 Å². The van der Waals surface area contributed by atoms with Crippen molar-refractivity contribution >= 4 is 78.3 Å². The summed E-state index contributed by atoms with van der Waals surface area (Å²) in [5, 5.41) is 0. The van der Waals surface area contributed by atoms with Crippen molar-refractivity contribution in [3.8, 4) is 67.8 Å². The number of ether oxygens (including phenoxy) is 8. The first-order valence-corrected chi connectivity index (χ1v) is 34.0. The van der Waals surface area contributed by atoms with Gasteiger partial charge in [-0.1, -0.05) is 71.7 Å². The van der Waals surface area contributed by atoms with Gasteiger partial charge in [0, 0.05) is 70.0 Å². The number of H-pyrrole nitrogens is 2. The second-order valence-corrected chi connectivity index (χ2v) is 28.4. The van der Waals surface area contributed by atoms with E-state index in [-0.39, 0.29) is 102 Å². The molecule has 6 aromatic rings. The van der Waals surface area contributed by atoms with Crippen LogP contribution in [0.2, 0.25) is 16.6 Å². The fourth-order valence-electron chi connectivity index (χ4n) is 11.8. The molecule has 0 amide bonds. The lowest BCUT2D eigenvalue weighted by molar-refractivity contribution is -0.144. The lowest BCUT2D eigenvalue weighted by atomic mass is 10.0. The van der Waals surface area contributed by atoms with E-state index < -0.39 is 8.07 Å². The van der Waals surface area contributed by atoms with Gasteiger partial charge in [0.15, 0.2) is 0 Å². The van der Waals surface area contributed by atoms with E-state index in [4.69, 9.17) is 47.9 Å². The zero-order chi connectivity index (χ0) is 64.2. The summed E-state index contributed by atoms with van der Waals surface area (Å²) in [5.41, 5.74) is 15.9. The number of aromatic amines is 2. The Bertz CT molecular complexity index is 3580. The summed E-state index contributed by atoms with van der Waals surface area (Å²) in [6, 6.07) is 29.6. The van der Waals surface area contributed by atoms with E-state index in [1.54, 1.807) is 27.7 Å². The lowest BCUT2D eigenvalue weighted by Crippen LogP contribution is -2.43. The molecule has 0 radical (unpaired) electrons. The minimum absolute atomic E-state index is 0.180. The predicted octanol–water partition coefficient (Wildman–Crippen LogP) is 16.1. The standard InChI is InChI=1S/C73H86N4O12Si/c1-11-82-65(78)25-17-42-86-61-21-15-22-62(87-43-18-26-66(79)83-12-2)72(61)70-57-35-33-53(74-57)47-54-34-36-58(75-54)71(73-63(88-44-19-27-67(80)84-13-3)23-16-24-64(73)89-45-20-28-68(81)85-14-4)60-40-38-56(77-60)69(55-37-39-59(70)76-55)52-31-29-51(30-32-52)41-46-90(48(5)6,49(7)8)50(9)10/h15-16,21-24,29-40,47-50,74,77H,11-14,17-20,25-28,42-45H2,1-10H3. The monoisotopic (exact) mass is 1240 g/mol. The van der Waals surface area contributed by atoms with E-state index in [9.17, 15) is 19.2 Å². The van der Waals surface area contributed by atoms with Crippen molar-refractivity contribution < 1.29 is 57.1 Å². The Balaban J connectivity index is 1.40. The van der Waals surface area contributed by atoms with E-state index >= 15 is 0 Å². The molecule has 90 heavy (non-hydrogen) atoms. The van der Waals surface area contributed by atoms with Crippen LogP contribution >= 0.6 is 0 Å². The molecule has 0 fully saturated rings. The summed E-state index contributed by atoms with van der Waals surface area (Å²) >= 11 is 0. The highest BCUT2D eigenvalue weighted by Crippen LogP contribution is 2.46. The maximum atomic E-state index is 12.5. The van der Waals surface area contributed by atoms with Gasteiger partial charge in [0.2, 0.25) is 0 Å². The highest BCUT2D eigenvalue weighted by molar-refractivity contribution is 6.90. The zero-order valence-electron chi connectivity index (χ0n) is 53.8. The molecule has 474 valence electrons. The second kappa shape index (κ2) is 32.6. The van der Waals surface area contributed by atoms with Crippen molar-refractivity contribution in [2.75, 3.05) is 52.9 Å². The molecule has 3 aromatic carbocycles. The number of carbonyl (C=O) groups excluding carboxylic acids is 4. The van der Waals surface area contributed by atoms with Crippen molar-refractivity contribution in [3.63, 3.8) is 0 Å². The van der Waals surface area contributed by atoms with Gasteiger partial charge >= 0.3 is 23.9 Å². The first-order chi connectivity index (χ1) is 43.6. The van der Waals surface area contributed by atoms with Crippen LogP contribution in [0.15, 0.2) is 91.0 Å². The van der Waals surface area contributed by atoms with Crippen LogP contribution in [0.5, 0.6) is 23.0 Å². The van der Waals surface area contributed by atoms with Crippen molar-refractivity contribution in [1.82, 2.24) is 19.9 Å². The van der Waals surface area contributed by atoms with Gasteiger partial charge in [0.1, 0.15) is 31.1 Å². The molecule has 17 heteroatoms.